The molecule has 2 fully saturated rings. The fraction of sp³-hybridized carbons (Fsp3) is 0.647. The van der Waals surface area contributed by atoms with Crippen LogP contribution >= 0.6 is 0 Å². The molecular weight excluding hydrogens is 293 g/mol. The molecule has 2 aliphatic rings. The predicted molar refractivity (Wildman–Crippen MR) is 91.2 cm³/mol. The minimum Gasteiger partial charge on any atom is -0.353 e. The summed E-state index contributed by atoms with van der Waals surface area (Å²) in [6.07, 6.45) is 6.36. The maximum Gasteiger partial charge on any atom is 0.191 e. The highest BCUT2D eigenvalue weighted by molar-refractivity contribution is 5.80. The molecule has 0 bridgehead atoms. The Kier molecular flexibility index (Phi) is 4.98. The zero-order valence-corrected chi connectivity index (χ0v) is 13.9. The molecule has 3 rings (SSSR count). The van der Waals surface area contributed by atoms with E-state index in [-0.39, 0.29) is 11.9 Å². The Morgan fingerprint density at radius 1 is 1.48 bits per heavy atom. The topological polar surface area (TPSA) is 52.6 Å². The minimum atomic E-state index is -0.254. The molecule has 1 saturated carbocycles. The van der Waals surface area contributed by atoms with Gasteiger partial charge in [0.2, 0.25) is 0 Å². The number of anilines is 1. The Bertz CT molecular complexity index is 562. The van der Waals surface area contributed by atoms with Crippen LogP contribution in [-0.2, 0) is 0 Å². The lowest BCUT2D eigenvalue weighted by molar-refractivity contribution is 0.610. The summed E-state index contributed by atoms with van der Waals surface area (Å²) < 4.78 is 13.8. The number of rotatable bonds is 5. The number of halogens is 1. The molecular formula is C17H26FN5. The Morgan fingerprint density at radius 3 is 3.09 bits per heavy atom. The summed E-state index contributed by atoms with van der Waals surface area (Å²) in [5, 5.41) is 6.96. The Hall–Kier alpha value is -1.85. The molecule has 3 atom stereocenters. The van der Waals surface area contributed by atoms with Crippen molar-refractivity contribution in [1.82, 2.24) is 15.6 Å². The molecule has 6 heteroatoms. The van der Waals surface area contributed by atoms with Crippen molar-refractivity contribution in [3.63, 3.8) is 0 Å². The van der Waals surface area contributed by atoms with Crippen LogP contribution < -0.4 is 15.5 Å². The Balaban J connectivity index is 1.50. The third-order valence-electron chi connectivity index (χ3n) is 4.70. The smallest absolute Gasteiger partial charge is 0.191 e. The zero-order chi connectivity index (χ0) is 16.2. The van der Waals surface area contributed by atoms with E-state index in [0.717, 1.165) is 31.4 Å². The van der Waals surface area contributed by atoms with Crippen molar-refractivity contribution in [2.75, 3.05) is 25.0 Å². The summed E-state index contributed by atoms with van der Waals surface area (Å²) in [5.74, 6) is 1.85. The molecule has 5 nitrogen and oxygen atoms in total. The standard InChI is InChI=1S/C17H26FN5/c1-3-5-12-10-15(12)22-17(19-2)21-13-7-9-23(11-13)16-14(18)6-4-8-20-16/h4,6,8,12-13,15H,3,5,7,9-11H2,1-2H3,(H2,19,21,22). The number of nitrogens with zero attached hydrogens (tertiary/aromatic N) is 3. The average Bonchev–Trinajstić information content (AvgIpc) is 3.10. The van der Waals surface area contributed by atoms with E-state index in [9.17, 15) is 4.39 Å². The molecule has 1 aromatic rings. The molecule has 1 saturated heterocycles. The van der Waals surface area contributed by atoms with Crippen LogP contribution in [0.1, 0.15) is 32.6 Å². The lowest BCUT2D eigenvalue weighted by Crippen LogP contribution is -2.45. The molecule has 0 aromatic carbocycles. The summed E-state index contributed by atoms with van der Waals surface area (Å²) in [5.41, 5.74) is 0. The molecule has 2 heterocycles. The van der Waals surface area contributed by atoms with Crippen LogP contribution in [-0.4, -0.2) is 43.2 Å². The van der Waals surface area contributed by atoms with Gasteiger partial charge in [0.25, 0.3) is 0 Å². The number of aliphatic imine (C=N–C) groups is 1. The molecule has 23 heavy (non-hydrogen) atoms. The number of hydrogen-bond acceptors (Lipinski definition) is 3. The van der Waals surface area contributed by atoms with Crippen molar-refractivity contribution >= 4 is 11.8 Å². The summed E-state index contributed by atoms with van der Waals surface area (Å²) in [6, 6.07) is 3.92. The van der Waals surface area contributed by atoms with E-state index in [2.05, 4.69) is 27.5 Å². The van der Waals surface area contributed by atoms with Crippen LogP contribution in [0.4, 0.5) is 10.2 Å². The van der Waals surface area contributed by atoms with Gasteiger partial charge in [0.15, 0.2) is 17.6 Å². The molecule has 3 unspecified atom stereocenters. The first-order valence-electron chi connectivity index (χ1n) is 8.56. The monoisotopic (exact) mass is 319 g/mol. The van der Waals surface area contributed by atoms with E-state index in [1.807, 2.05) is 4.90 Å². The van der Waals surface area contributed by atoms with Crippen LogP contribution in [0.3, 0.4) is 0 Å². The molecule has 2 N–H and O–H groups in total. The molecule has 1 aromatic heterocycles. The van der Waals surface area contributed by atoms with Crippen LogP contribution in [0, 0.1) is 11.7 Å². The number of pyridine rings is 1. The van der Waals surface area contributed by atoms with Crippen molar-refractivity contribution in [2.24, 2.45) is 10.9 Å². The number of nitrogens with one attached hydrogen (secondary N) is 2. The van der Waals surface area contributed by atoms with Gasteiger partial charge in [-0.2, -0.15) is 0 Å². The Morgan fingerprint density at radius 2 is 2.35 bits per heavy atom. The van der Waals surface area contributed by atoms with Crippen molar-refractivity contribution in [3.05, 3.63) is 24.1 Å². The van der Waals surface area contributed by atoms with Gasteiger partial charge < -0.3 is 15.5 Å². The van der Waals surface area contributed by atoms with Crippen LogP contribution in [0.5, 0.6) is 0 Å². The normalized spacial score (nSPS) is 27.2. The first kappa shape index (κ1) is 16.0. The van der Waals surface area contributed by atoms with Crippen LogP contribution in [0.15, 0.2) is 23.3 Å². The third-order valence-corrected chi connectivity index (χ3v) is 4.70. The van der Waals surface area contributed by atoms with Crippen LogP contribution in [0.25, 0.3) is 0 Å². The van der Waals surface area contributed by atoms with Gasteiger partial charge in [-0.1, -0.05) is 13.3 Å². The maximum absolute atomic E-state index is 13.8. The van der Waals surface area contributed by atoms with Crippen molar-refractivity contribution in [3.8, 4) is 0 Å². The fourth-order valence-corrected chi connectivity index (χ4v) is 3.33. The highest BCUT2D eigenvalue weighted by Gasteiger charge is 2.37. The molecule has 126 valence electrons. The first-order chi connectivity index (χ1) is 11.2. The van der Waals surface area contributed by atoms with E-state index in [1.165, 1.54) is 25.3 Å². The summed E-state index contributed by atoms with van der Waals surface area (Å²) >= 11 is 0. The molecule has 0 radical (unpaired) electrons. The second-order valence-corrected chi connectivity index (χ2v) is 6.49. The van der Waals surface area contributed by atoms with Gasteiger partial charge in [0.05, 0.1) is 0 Å². The largest absolute Gasteiger partial charge is 0.353 e. The lowest BCUT2D eigenvalue weighted by Gasteiger charge is -2.20. The molecule has 1 aliphatic carbocycles. The number of aromatic nitrogens is 1. The van der Waals surface area contributed by atoms with Gasteiger partial charge in [-0.15, -0.1) is 0 Å². The van der Waals surface area contributed by atoms with E-state index in [1.54, 1.807) is 19.3 Å². The van der Waals surface area contributed by atoms with Crippen molar-refractivity contribution in [1.29, 1.82) is 0 Å². The lowest BCUT2D eigenvalue weighted by atomic mass is 10.2. The van der Waals surface area contributed by atoms with Gasteiger partial charge in [0, 0.05) is 38.4 Å². The van der Waals surface area contributed by atoms with Gasteiger partial charge in [-0.05, 0) is 37.3 Å². The van der Waals surface area contributed by atoms with E-state index in [0.29, 0.717) is 11.9 Å². The third kappa shape index (κ3) is 3.92. The van der Waals surface area contributed by atoms with Gasteiger partial charge >= 0.3 is 0 Å². The summed E-state index contributed by atoms with van der Waals surface area (Å²) in [7, 11) is 1.80. The quantitative estimate of drug-likeness (QED) is 0.645. The van der Waals surface area contributed by atoms with Gasteiger partial charge in [-0.25, -0.2) is 9.37 Å². The van der Waals surface area contributed by atoms with E-state index < -0.39 is 0 Å². The number of hydrogen-bond donors (Lipinski definition) is 2. The van der Waals surface area contributed by atoms with Crippen molar-refractivity contribution in [2.45, 2.75) is 44.7 Å². The summed E-state index contributed by atoms with van der Waals surface area (Å²) in [4.78, 5) is 10.5. The summed E-state index contributed by atoms with van der Waals surface area (Å²) in [6.45, 7) is 3.79. The SMILES string of the molecule is CCCC1CC1NC(=NC)NC1CCN(c2ncccc2F)C1. The van der Waals surface area contributed by atoms with Crippen LogP contribution in [0.2, 0.25) is 0 Å². The highest BCUT2D eigenvalue weighted by atomic mass is 19.1. The van der Waals surface area contributed by atoms with Gasteiger partial charge in [0.1, 0.15) is 0 Å². The average molecular weight is 319 g/mol. The predicted octanol–water partition coefficient (Wildman–Crippen LogP) is 2.15. The van der Waals surface area contributed by atoms with E-state index in [4.69, 9.17) is 0 Å². The fourth-order valence-electron chi connectivity index (χ4n) is 3.33. The zero-order valence-electron chi connectivity index (χ0n) is 13.9. The molecule has 0 spiro atoms. The first-order valence-corrected chi connectivity index (χ1v) is 8.56. The molecule has 0 amide bonds. The number of guanidine groups is 1. The van der Waals surface area contributed by atoms with Gasteiger partial charge in [-0.3, -0.25) is 4.99 Å². The Labute approximate surface area is 137 Å². The second kappa shape index (κ2) is 7.15. The highest BCUT2D eigenvalue weighted by Crippen LogP contribution is 2.34. The maximum atomic E-state index is 13.8. The van der Waals surface area contributed by atoms with Crippen molar-refractivity contribution < 1.29 is 4.39 Å². The minimum absolute atomic E-state index is 0.254. The van der Waals surface area contributed by atoms with E-state index >= 15 is 0 Å². The second-order valence-electron chi connectivity index (χ2n) is 6.49. The molecule has 1 aliphatic heterocycles.